The van der Waals surface area contributed by atoms with Crippen LogP contribution in [-0.2, 0) is 17.6 Å². The van der Waals surface area contributed by atoms with Crippen molar-refractivity contribution in [2.75, 3.05) is 0 Å². The molecule has 0 unspecified atom stereocenters. The van der Waals surface area contributed by atoms with Gasteiger partial charge < -0.3 is 0 Å². The molecule has 2 aromatic rings. The highest BCUT2D eigenvalue weighted by molar-refractivity contribution is 5.99. The molecule has 21 heavy (non-hydrogen) atoms. The molecule has 0 radical (unpaired) electrons. The molecule has 0 aliphatic carbocycles. The van der Waals surface area contributed by atoms with Gasteiger partial charge in [-0.2, -0.15) is 5.10 Å². The van der Waals surface area contributed by atoms with Crippen LogP contribution in [-0.4, -0.2) is 11.6 Å². The van der Waals surface area contributed by atoms with Crippen molar-refractivity contribution < 1.29 is 4.79 Å². The van der Waals surface area contributed by atoms with Crippen LogP contribution in [0.1, 0.15) is 30.5 Å². The standard InChI is InChI=1S/C18H20N2O/c1-3-15-9-11-17(12-10-15)14(2)19-20-18(21)13-16-7-5-4-6-8-16/h4-12H,3,13H2,1-2H3,(H,20,21)/b19-14-. The van der Waals surface area contributed by atoms with Gasteiger partial charge in [0.1, 0.15) is 0 Å². The number of benzene rings is 2. The molecule has 2 rings (SSSR count). The number of nitrogens with zero attached hydrogens (tertiary/aromatic N) is 1. The first-order valence-electron chi connectivity index (χ1n) is 7.15. The van der Waals surface area contributed by atoms with E-state index in [-0.39, 0.29) is 5.91 Å². The van der Waals surface area contributed by atoms with Gasteiger partial charge in [-0.05, 0) is 30.0 Å². The van der Waals surface area contributed by atoms with E-state index in [9.17, 15) is 4.79 Å². The van der Waals surface area contributed by atoms with E-state index in [1.807, 2.05) is 49.4 Å². The van der Waals surface area contributed by atoms with Gasteiger partial charge in [-0.15, -0.1) is 0 Å². The quantitative estimate of drug-likeness (QED) is 0.662. The fraction of sp³-hybridized carbons (Fsp3) is 0.222. The molecule has 108 valence electrons. The number of carbonyl (C=O) groups excluding carboxylic acids is 1. The summed E-state index contributed by atoms with van der Waals surface area (Å²) >= 11 is 0. The Morgan fingerprint density at radius 2 is 1.67 bits per heavy atom. The fourth-order valence-corrected chi connectivity index (χ4v) is 2.01. The molecule has 1 amide bonds. The van der Waals surface area contributed by atoms with Gasteiger partial charge >= 0.3 is 0 Å². The van der Waals surface area contributed by atoms with Crippen LogP contribution in [0.4, 0.5) is 0 Å². The van der Waals surface area contributed by atoms with E-state index in [0.717, 1.165) is 23.3 Å². The lowest BCUT2D eigenvalue weighted by Gasteiger charge is -2.04. The summed E-state index contributed by atoms with van der Waals surface area (Å²) in [5.74, 6) is -0.106. The molecule has 0 atom stereocenters. The Labute approximate surface area is 125 Å². The summed E-state index contributed by atoms with van der Waals surface area (Å²) in [6, 6.07) is 17.9. The molecule has 0 spiro atoms. The third-order valence-corrected chi connectivity index (χ3v) is 3.34. The smallest absolute Gasteiger partial charge is 0.244 e. The van der Waals surface area contributed by atoms with Crippen molar-refractivity contribution in [3.63, 3.8) is 0 Å². The molecule has 0 heterocycles. The molecular weight excluding hydrogens is 260 g/mol. The number of rotatable bonds is 5. The zero-order valence-electron chi connectivity index (χ0n) is 12.5. The van der Waals surface area contributed by atoms with Crippen molar-refractivity contribution in [3.05, 3.63) is 71.3 Å². The van der Waals surface area contributed by atoms with Gasteiger partial charge in [0.2, 0.25) is 5.91 Å². The van der Waals surface area contributed by atoms with Crippen molar-refractivity contribution in [2.45, 2.75) is 26.7 Å². The molecule has 0 aliphatic rings. The van der Waals surface area contributed by atoms with Crippen LogP contribution in [0, 0.1) is 0 Å². The minimum Gasteiger partial charge on any atom is -0.273 e. The third kappa shape index (κ3) is 4.56. The Morgan fingerprint density at radius 3 is 2.29 bits per heavy atom. The SMILES string of the molecule is CCc1ccc(/C(C)=N\NC(=O)Cc2ccccc2)cc1. The number of hydrazone groups is 1. The summed E-state index contributed by atoms with van der Waals surface area (Å²) in [5.41, 5.74) is 6.71. The first kappa shape index (κ1) is 15.0. The van der Waals surface area contributed by atoms with Crippen LogP contribution in [0.3, 0.4) is 0 Å². The molecule has 0 fully saturated rings. The Kier molecular flexibility index (Phi) is 5.27. The maximum Gasteiger partial charge on any atom is 0.244 e. The van der Waals surface area contributed by atoms with Crippen molar-refractivity contribution in [1.29, 1.82) is 0 Å². The van der Waals surface area contributed by atoms with Gasteiger partial charge in [-0.1, -0.05) is 61.5 Å². The molecule has 3 heteroatoms. The van der Waals surface area contributed by atoms with Crippen molar-refractivity contribution in [3.8, 4) is 0 Å². The molecule has 3 nitrogen and oxygen atoms in total. The Balaban J connectivity index is 1.94. The molecule has 0 saturated heterocycles. The number of nitrogens with one attached hydrogen (secondary N) is 1. The number of hydrogen-bond donors (Lipinski definition) is 1. The average molecular weight is 280 g/mol. The summed E-state index contributed by atoms with van der Waals surface area (Å²) in [4.78, 5) is 11.8. The lowest BCUT2D eigenvalue weighted by molar-refractivity contribution is -0.120. The van der Waals surface area contributed by atoms with E-state index in [1.54, 1.807) is 0 Å². The molecule has 2 aromatic carbocycles. The number of hydrogen-bond acceptors (Lipinski definition) is 2. The molecule has 0 bridgehead atoms. The van der Waals surface area contributed by atoms with Gasteiger partial charge in [0, 0.05) is 0 Å². The van der Waals surface area contributed by atoms with Crippen molar-refractivity contribution in [1.82, 2.24) is 5.43 Å². The largest absolute Gasteiger partial charge is 0.273 e. The van der Waals surface area contributed by atoms with E-state index in [4.69, 9.17) is 0 Å². The Morgan fingerprint density at radius 1 is 1.00 bits per heavy atom. The lowest BCUT2D eigenvalue weighted by atomic mass is 10.1. The second-order valence-electron chi connectivity index (χ2n) is 4.95. The summed E-state index contributed by atoms with van der Waals surface area (Å²) in [5, 5.41) is 4.16. The van der Waals surface area contributed by atoms with E-state index in [1.165, 1.54) is 5.56 Å². The van der Waals surface area contributed by atoms with E-state index < -0.39 is 0 Å². The molecule has 0 aromatic heterocycles. The van der Waals surface area contributed by atoms with Crippen LogP contribution >= 0.6 is 0 Å². The van der Waals surface area contributed by atoms with Gasteiger partial charge in [0.05, 0.1) is 12.1 Å². The lowest BCUT2D eigenvalue weighted by Crippen LogP contribution is -2.21. The normalized spacial score (nSPS) is 11.2. The first-order chi connectivity index (χ1) is 10.2. The van der Waals surface area contributed by atoms with Crippen LogP contribution in [0.5, 0.6) is 0 Å². The third-order valence-electron chi connectivity index (χ3n) is 3.34. The molecule has 0 saturated carbocycles. The average Bonchev–Trinajstić information content (AvgIpc) is 2.53. The first-order valence-corrected chi connectivity index (χ1v) is 7.15. The predicted octanol–water partition coefficient (Wildman–Crippen LogP) is 3.33. The minimum absolute atomic E-state index is 0.106. The summed E-state index contributed by atoms with van der Waals surface area (Å²) in [6.07, 6.45) is 1.36. The number of aryl methyl sites for hydroxylation is 1. The number of amides is 1. The van der Waals surface area contributed by atoms with Crippen LogP contribution in [0.25, 0.3) is 0 Å². The second-order valence-corrected chi connectivity index (χ2v) is 4.95. The minimum atomic E-state index is -0.106. The maximum atomic E-state index is 11.8. The Hall–Kier alpha value is -2.42. The summed E-state index contributed by atoms with van der Waals surface area (Å²) < 4.78 is 0. The van der Waals surface area contributed by atoms with E-state index >= 15 is 0 Å². The topological polar surface area (TPSA) is 41.5 Å². The zero-order chi connectivity index (χ0) is 15.1. The molecule has 1 N–H and O–H groups in total. The summed E-state index contributed by atoms with van der Waals surface area (Å²) in [7, 11) is 0. The van der Waals surface area contributed by atoms with Gasteiger partial charge in [0.15, 0.2) is 0 Å². The fourth-order valence-electron chi connectivity index (χ4n) is 2.01. The van der Waals surface area contributed by atoms with E-state index in [0.29, 0.717) is 6.42 Å². The highest BCUT2D eigenvalue weighted by atomic mass is 16.2. The van der Waals surface area contributed by atoms with Crippen LogP contribution in [0.15, 0.2) is 59.7 Å². The van der Waals surface area contributed by atoms with Gasteiger partial charge in [-0.25, -0.2) is 5.43 Å². The van der Waals surface area contributed by atoms with Crippen LogP contribution < -0.4 is 5.43 Å². The van der Waals surface area contributed by atoms with Crippen molar-refractivity contribution in [2.24, 2.45) is 5.10 Å². The molecule has 0 aliphatic heterocycles. The maximum absolute atomic E-state index is 11.8. The second kappa shape index (κ2) is 7.39. The highest BCUT2D eigenvalue weighted by Crippen LogP contribution is 2.06. The van der Waals surface area contributed by atoms with Gasteiger partial charge in [0.25, 0.3) is 0 Å². The van der Waals surface area contributed by atoms with Gasteiger partial charge in [-0.3, -0.25) is 4.79 Å². The summed E-state index contributed by atoms with van der Waals surface area (Å²) in [6.45, 7) is 4.02. The number of carbonyl (C=O) groups is 1. The van der Waals surface area contributed by atoms with E-state index in [2.05, 4.69) is 29.6 Å². The highest BCUT2D eigenvalue weighted by Gasteiger charge is 2.03. The van der Waals surface area contributed by atoms with Crippen molar-refractivity contribution >= 4 is 11.6 Å². The Bertz CT molecular complexity index is 615. The monoisotopic (exact) mass is 280 g/mol. The zero-order valence-corrected chi connectivity index (χ0v) is 12.5. The van der Waals surface area contributed by atoms with Crippen LogP contribution in [0.2, 0.25) is 0 Å². The molecular formula is C18H20N2O. The predicted molar refractivity (Wildman–Crippen MR) is 86.3 cm³/mol.